The van der Waals surface area contributed by atoms with Crippen LogP contribution >= 0.6 is 0 Å². The Balaban J connectivity index is 2.05. The Morgan fingerprint density at radius 3 is 2.55 bits per heavy atom. The highest BCUT2D eigenvalue weighted by Crippen LogP contribution is 2.55. The van der Waals surface area contributed by atoms with Crippen molar-refractivity contribution in [3.63, 3.8) is 0 Å². The first-order valence-corrected chi connectivity index (χ1v) is 8.54. The molecule has 5 atom stereocenters. The molecule has 0 amide bonds. The largest absolute Gasteiger partial charge is 0.466 e. The Morgan fingerprint density at radius 2 is 1.90 bits per heavy atom. The molecule has 2 aliphatic carbocycles. The maximum atomic E-state index is 12.0. The average molecular weight is 280 g/mol. The second kappa shape index (κ2) is 6.07. The van der Waals surface area contributed by atoms with Crippen LogP contribution in [0.15, 0.2) is 0 Å². The number of carbonyl (C=O) groups is 1. The summed E-state index contributed by atoms with van der Waals surface area (Å²) >= 11 is 0. The molecule has 2 heteroatoms. The van der Waals surface area contributed by atoms with Crippen molar-refractivity contribution < 1.29 is 9.53 Å². The van der Waals surface area contributed by atoms with E-state index in [0.717, 1.165) is 17.8 Å². The lowest BCUT2D eigenvalue weighted by Gasteiger charge is -2.52. The molecule has 0 bridgehead atoms. The number of ether oxygens (including phenoxy) is 1. The van der Waals surface area contributed by atoms with Crippen molar-refractivity contribution in [3.8, 4) is 0 Å². The minimum absolute atomic E-state index is 0.0117. The van der Waals surface area contributed by atoms with Crippen LogP contribution in [0.5, 0.6) is 0 Å². The molecule has 0 saturated heterocycles. The fraction of sp³-hybridized carbons (Fsp3) is 0.944. The van der Waals surface area contributed by atoms with Crippen molar-refractivity contribution in [2.45, 2.75) is 66.7 Å². The van der Waals surface area contributed by atoms with Crippen molar-refractivity contribution in [1.82, 2.24) is 0 Å². The highest BCUT2D eigenvalue weighted by Gasteiger charge is 2.47. The first kappa shape index (κ1) is 15.9. The van der Waals surface area contributed by atoms with Gasteiger partial charge in [-0.1, -0.05) is 27.7 Å². The Labute approximate surface area is 124 Å². The highest BCUT2D eigenvalue weighted by atomic mass is 16.5. The lowest BCUT2D eigenvalue weighted by Crippen LogP contribution is -2.45. The highest BCUT2D eigenvalue weighted by molar-refractivity contribution is 5.72. The maximum absolute atomic E-state index is 12.0. The number of carbonyl (C=O) groups excluding carboxylic acids is 1. The fourth-order valence-electron chi connectivity index (χ4n) is 4.64. The third-order valence-corrected chi connectivity index (χ3v) is 6.60. The van der Waals surface area contributed by atoms with Crippen LogP contribution in [-0.2, 0) is 9.53 Å². The molecule has 2 aliphatic rings. The molecule has 0 heterocycles. The first-order valence-electron chi connectivity index (χ1n) is 8.54. The molecule has 0 spiro atoms. The van der Waals surface area contributed by atoms with Gasteiger partial charge in [-0.05, 0) is 68.1 Å². The van der Waals surface area contributed by atoms with Crippen molar-refractivity contribution in [2.24, 2.45) is 35.0 Å². The van der Waals surface area contributed by atoms with Crippen molar-refractivity contribution in [2.75, 3.05) is 6.61 Å². The third-order valence-electron chi connectivity index (χ3n) is 6.60. The second-order valence-corrected chi connectivity index (χ2v) is 7.78. The zero-order valence-electron chi connectivity index (χ0n) is 13.9. The van der Waals surface area contributed by atoms with Crippen LogP contribution in [0.2, 0.25) is 0 Å². The topological polar surface area (TPSA) is 26.3 Å². The minimum Gasteiger partial charge on any atom is -0.466 e. The van der Waals surface area contributed by atoms with Gasteiger partial charge in [0.25, 0.3) is 0 Å². The molecule has 2 nitrogen and oxygen atoms in total. The summed E-state index contributed by atoms with van der Waals surface area (Å²) in [6.45, 7) is 11.8. The molecular weight excluding hydrogens is 248 g/mol. The van der Waals surface area contributed by atoms with Gasteiger partial charge in [0.2, 0.25) is 0 Å². The van der Waals surface area contributed by atoms with Gasteiger partial charge < -0.3 is 4.74 Å². The number of rotatable bonds is 3. The van der Waals surface area contributed by atoms with E-state index in [0.29, 0.717) is 17.9 Å². The monoisotopic (exact) mass is 280 g/mol. The van der Waals surface area contributed by atoms with E-state index in [2.05, 4.69) is 27.7 Å². The van der Waals surface area contributed by atoms with Crippen LogP contribution in [0.4, 0.5) is 0 Å². The quantitative estimate of drug-likeness (QED) is 0.702. The molecule has 0 aromatic carbocycles. The molecule has 0 aromatic heterocycles. The van der Waals surface area contributed by atoms with Gasteiger partial charge in [0, 0.05) is 0 Å². The van der Waals surface area contributed by atoms with Crippen LogP contribution in [0.25, 0.3) is 0 Å². The lowest BCUT2D eigenvalue weighted by molar-refractivity contribution is -0.151. The Kier molecular flexibility index (Phi) is 4.81. The van der Waals surface area contributed by atoms with E-state index in [-0.39, 0.29) is 11.9 Å². The Bertz CT molecular complexity index is 347. The normalized spacial score (nSPS) is 37.9. The number of fused-ring (bicyclic) bond motifs is 1. The van der Waals surface area contributed by atoms with Gasteiger partial charge in [-0.2, -0.15) is 0 Å². The molecule has 2 fully saturated rings. The first-order chi connectivity index (χ1) is 9.37. The fourth-order valence-corrected chi connectivity index (χ4v) is 4.64. The summed E-state index contributed by atoms with van der Waals surface area (Å²) in [5, 5.41) is 0. The molecule has 5 unspecified atom stereocenters. The summed E-state index contributed by atoms with van der Waals surface area (Å²) in [6.07, 6.45) is 6.53. The zero-order chi connectivity index (χ0) is 14.9. The predicted molar refractivity (Wildman–Crippen MR) is 82.3 cm³/mol. The SMILES string of the molecule is CCOC(=O)C(C)C1CCC2CCC(C)C(C)(C)C2C1. The molecule has 2 rings (SSSR count). The maximum Gasteiger partial charge on any atom is 0.308 e. The third kappa shape index (κ3) is 2.89. The minimum atomic E-state index is 0.0117. The molecule has 2 saturated carbocycles. The summed E-state index contributed by atoms with van der Waals surface area (Å²) < 4.78 is 5.23. The summed E-state index contributed by atoms with van der Waals surface area (Å²) in [5.41, 5.74) is 0.427. The molecular formula is C18H32O2. The van der Waals surface area contributed by atoms with Crippen LogP contribution in [0.1, 0.15) is 66.7 Å². The average Bonchev–Trinajstić information content (AvgIpc) is 2.42. The molecule has 0 N–H and O–H groups in total. The smallest absolute Gasteiger partial charge is 0.308 e. The Morgan fingerprint density at radius 1 is 1.25 bits per heavy atom. The van der Waals surface area contributed by atoms with E-state index in [1.165, 1.54) is 32.1 Å². The van der Waals surface area contributed by atoms with Gasteiger partial charge in [0.1, 0.15) is 0 Å². The van der Waals surface area contributed by atoms with Crippen LogP contribution in [0, 0.1) is 35.0 Å². The van der Waals surface area contributed by atoms with E-state index in [1.54, 1.807) is 0 Å². The van der Waals surface area contributed by atoms with E-state index in [9.17, 15) is 4.79 Å². The Hall–Kier alpha value is -0.530. The van der Waals surface area contributed by atoms with Gasteiger partial charge in [0.05, 0.1) is 12.5 Å². The molecule has 116 valence electrons. The van der Waals surface area contributed by atoms with E-state index < -0.39 is 0 Å². The van der Waals surface area contributed by atoms with E-state index in [1.807, 2.05) is 6.92 Å². The van der Waals surface area contributed by atoms with Crippen molar-refractivity contribution in [3.05, 3.63) is 0 Å². The summed E-state index contributed by atoms with van der Waals surface area (Å²) in [7, 11) is 0. The molecule has 0 aliphatic heterocycles. The molecule has 0 aromatic rings. The predicted octanol–water partition coefficient (Wildman–Crippen LogP) is 4.67. The van der Waals surface area contributed by atoms with Gasteiger partial charge in [-0.15, -0.1) is 0 Å². The number of hydrogen-bond donors (Lipinski definition) is 0. The van der Waals surface area contributed by atoms with Gasteiger partial charge >= 0.3 is 5.97 Å². The standard InChI is InChI=1S/C18H32O2/c1-6-20-17(19)13(3)15-10-9-14-8-7-12(2)18(4,5)16(14)11-15/h12-16H,6-11H2,1-5H3. The van der Waals surface area contributed by atoms with E-state index >= 15 is 0 Å². The zero-order valence-corrected chi connectivity index (χ0v) is 13.9. The van der Waals surface area contributed by atoms with E-state index in [4.69, 9.17) is 4.74 Å². The number of esters is 1. The van der Waals surface area contributed by atoms with Gasteiger partial charge in [0.15, 0.2) is 0 Å². The van der Waals surface area contributed by atoms with Crippen molar-refractivity contribution in [1.29, 1.82) is 0 Å². The summed E-state index contributed by atoms with van der Waals surface area (Å²) in [4.78, 5) is 12.0. The number of hydrogen-bond acceptors (Lipinski definition) is 2. The summed E-state index contributed by atoms with van der Waals surface area (Å²) in [5.74, 6) is 3.11. The summed E-state index contributed by atoms with van der Waals surface area (Å²) in [6, 6.07) is 0. The van der Waals surface area contributed by atoms with Crippen molar-refractivity contribution >= 4 is 5.97 Å². The van der Waals surface area contributed by atoms with Crippen LogP contribution < -0.4 is 0 Å². The molecule has 0 radical (unpaired) electrons. The van der Waals surface area contributed by atoms with Crippen LogP contribution in [0.3, 0.4) is 0 Å². The second-order valence-electron chi connectivity index (χ2n) is 7.78. The lowest BCUT2D eigenvalue weighted by atomic mass is 9.53. The van der Waals surface area contributed by atoms with Crippen LogP contribution in [-0.4, -0.2) is 12.6 Å². The molecule has 20 heavy (non-hydrogen) atoms. The van der Waals surface area contributed by atoms with Gasteiger partial charge in [-0.25, -0.2) is 0 Å². The van der Waals surface area contributed by atoms with Gasteiger partial charge in [-0.3, -0.25) is 4.79 Å².